The van der Waals surface area contributed by atoms with Gasteiger partial charge in [-0.25, -0.2) is 4.98 Å². The van der Waals surface area contributed by atoms with E-state index in [2.05, 4.69) is 15.3 Å². The fraction of sp³-hybridized carbons (Fsp3) is 0.500. The molecule has 1 unspecified atom stereocenters. The fourth-order valence-corrected chi connectivity index (χ4v) is 3.04. The topological polar surface area (TPSA) is 87.2 Å². The molecule has 22 heavy (non-hydrogen) atoms. The summed E-state index contributed by atoms with van der Waals surface area (Å²) in [6.07, 6.45) is 4.05. The van der Waals surface area contributed by atoms with Gasteiger partial charge in [-0.3, -0.25) is 4.79 Å². The number of carbonyl (C=O) groups is 1. The van der Waals surface area contributed by atoms with Gasteiger partial charge in [0.15, 0.2) is 0 Å². The number of hydrogen-bond acceptors (Lipinski definition) is 4. The van der Waals surface area contributed by atoms with Crippen LogP contribution in [-0.4, -0.2) is 33.2 Å². The lowest BCUT2D eigenvalue weighted by atomic mass is 9.79. The zero-order valence-corrected chi connectivity index (χ0v) is 12.3. The number of aliphatic hydroxyl groups is 1. The van der Waals surface area contributed by atoms with Crippen molar-refractivity contribution in [1.29, 1.82) is 0 Å². The van der Waals surface area contributed by atoms with Gasteiger partial charge in [-0.2, -0.15) is 0 Å². The van der Waals surface area contributed by atoms with Crippen molar-refractivity contribution < 1.29 is 14.6 Å². The quantitative estimate of drug-likeness (QED) is 0.811. The van der Waals surface area contributed by atoms with E-state index in [4.69, 9.17) is 4.74 Å². The van der Waals surface area contributed by atoms with Gasteiger partial charge in [0.05, 0.1) is 11.0 Å². The van der Waals surface area contributed by atoms with Crippen molar-refractivity contribution >= 4 is 22.6 Å². The van der Waals surface area contributed by atoms with Crippen molar-refractivity contribution in [1.82, 2.24) is 9.97 Å². The largest absolute Gasteiger partial charge is 0.380 e. The standard InChI is InChI=1S/C16H19N3O3/c20-15(16(21)6-2-7-16)17-10-4-5-11-12(9-10)19-14(18-11)13-3-1-8-22-13/h4-5,9,13,21H,1-3,6-8H2,(H,17,20)(H,18,19). The third-order valence-corrected chi connectivity index (χ3v) is 4.60. The molecule has 0 bridgehead atoms. The Balaban J connectivity index is 1.56. The van der Waals surface area contributed by atoms with E-state index in [-0.39, 0.29) is 12.0 Å². The maximum atomic E-state index is 12.1. The Bertz CT molecular complexity index is 714. The number of hydrogen-bond donors (Lipinski definition) is 3. The molecule has 6 heteroatoms. The van der Waals surface area contributed by atoms with Gasteiger partial charge in [0.2, 0.25) is 0 Å². The molecule has 116 valence electrons. The Kier molecular flexibility index (Phi) is 3.16. The second kappa shape index (κ2) is 5.07. The van der Waals surface area contributed by atoms with Crippen molar-refractivity contribution in [3.8, 4) is 0 Å². The number of nitrogens with zero attached hydrogens (tertiary/aromatic N) is 1. The van der Waals surface area contributed by atoms with E-state index in [0.29, 0.717) is 18.5 Å². The lowest BCUT2D eigenvalue weighted by Gasteiger charge is -2.34. The smallest absolute Gasteiger partial charge is 0.256 e. The van der Waals surface area contributed by atoms with Crippen LogP contribution < -0.4 is 5.32 Å². The number of aromatic nitrogens is 2. The van der Waals surface area contributed by atoms with Gasteiger partial charge in [-0.1, -0.05) is 0 Å². The second-order valence-corrected chi connectivity index (χ2v) is 6.19. The molecule has 0 radical (unpaired) electrons. The lowest BCUT2D eigenvalue weighted by molar-refractivity contribution is -0.142. The highest BCUT2D eigenvalue weighted by Gasteiger charge is 2.42. The number of H-pyrrole nitrogens is 1. The van der Waals surface area contributed by atoms with Crippen LogP contribution in [0.25, 0.3) is 11.0 Å². The molecule has 1 saturated carbocycles. The molecular weight excluding hydrogens is 282 g/mol. The first-order chi connectivity index (χ1) is 10.6. The maximum Gasteiger partial charge on any atom is 0.256 e. The number of ether oxygens (including phenoxy) is 1. The molecule has 1 aromatic carbocycles. The number of aromatic amines is 1. The molecule has 4 rings (SSSR count). The molecule has 1 aliphatic heterocycles. The summed E-state index contributed by atoms with van der Waals surface area (Å²) in [6, 6.07) is 5.52. The normalized spacial score (nSPS) is 23.4. The molecule has 1 aromatic heterocycles. The van der Waals surface area contributed by atoms with E-state index >= 15 is 0 Å². The molecule has 0 spiro atoms. The van der Waals surface area contributed by atoms with E-state index in [0.717, 1.165) is 42.7 Å². The summed E-state index contributed by atoms with van der Waals surface area (Å²) in [6.45, 7) is 0.779. The number of carbonyl (C=O) groups excluding carboxylic acids is 1. The number of benzene rings is 1. The number of nitrogens with one attached hydrogen (secondary N) is 2. The molecule has 2 fully saturated rings. The Morgan fingerprint density at radius 3 is 2.95 bits per heavy atom. The van der Waals surface area contributed by atoms with E-state index < -0.39 is 5.60 Å². The Morgan fingerprint density at radius 1 is 1.41 bits per heavy atom. The molecule has 3 N–H and O–H groups in total. The molecule has 2 aromatic rings. The summed E-state index contributed by atoms with van der Waals surface area (Å²) < 4.78 is 5.63. The van der Waals surface area contributed by atoms with Gasteiger partial charge in [0.25, 0.3) is 5.91 Å². The van der Waals surface area contributed by atoms with Crippen LogP contribution in [0.3, 0.4) is 0 Å². The molecule has 1 amide bonds. The van der Waals surface area contributed by atoms with Crippen LogP contribution in [0.1, 0.15) is 44.0 Å². The van der Waals surface area contributed by atoms with Gasteiger partial charge in [-0.05, 0) is 50.3 Å². The average Bonchev–Trinajstić information content (AvgIpc) is 3.12. The first-order valence-corrected chi connectivity index (χ1v) is 7.79. The highest BCUT2D eigenvalue weighted by molar-refractivity contribution is 5.99. The molecule has 1 saturated heterocycles. The van der Waals surface area contributed by atoms with Crippen molar-refractivity contribution in [2.75, 3.05) is 11.9 Å². The first-order valence-electron chi connectivity index (χ1n) is 7.79. The number of anilines is 1. The average molecular weight is 301 g/mol. The SMILES string of the molecule is O=C(Nc1ccc2nc(C3CCCO3)[nH]c2c1)C1(O)CCC1. The zero-order chi connectivity index (χ0) is 15.2. The van der Waals surface area contributed by atoms with Crippen molar-refractivity contribution in [3.63, 3.8) is 0 Å². The Labute approximate surface area is 127 Å². The van der Waals surface area contributed by atoms with Crippen LogP contribution >= 0.6 is 0 Å². The first kappa shape index (κ1) is 13.7. The van der Waals surface area contributed by atoms with Crippen molar-refractivity contribution in [2.45, 2.75) is 43.8 Å². The third-order valence-electron chi connectivity index (χ3n) is 4.60. The number of fused-ring (bicyclic) bond motifs is 1. The van der Waals surface area contributed by atoms with Crippen molar-refractivity contribution in [3.05, 3.63) is 24.0 Å². The molecule has 1 atom stereocenters. The van der Waals surface area contributed by atoms with Gasteiger partial charge < -0.3 is 20.1 Å². The van der Waals surface area contributed by atoms with Gasteiger partial charge in [0, 0.05) is 12.3 Å². The highest BCUT2D eigenvalue weighted by Crippen LogP contribution is 2.33. The molecular formula is C16H19N3O3. The van der Waals surface area contributed by atoms with Gasteiger partial charge in [-0.15, -0.1) is 0 Å². The molecule has 2 aliphatic rings. The van der Waals surface area contributed by atoms with E-state index in [1.165, 1.54) is 0 Å². The monoisotopic (exact) mass is 301 g/mol. The minimum Gasteiger partial charge on any atom is -0.380 e. The van der Waals surface area contributed by atoms with E-state index in [1.54, 1.807) is 0 Å². The summed E-state index contributed by atoms with van der Waals surface area (Å²) in [4.78, 5) is 19.9. The van der Waals surface area contributed by atoms with Crippen molar-refractivity contribution in [2.24, 2.45) is 0 Å². The Morgan fingerprint density at radius 2 is 2.27 bits per heavy atom. The molecule has 6 nitrogen and oxygen atoms in total. The van der Waals surface area contributed by atoms with Gasteiger partial charge >= 0.3 is 0 Å². The summed E-state index contributed by atoms with van der Waals surface area (Å²) in [5.41, 5.74) is 1.20. The predicted molar refractivity (Wildman–Crippen MR) is 81.5 cm³/mol. The third kappa shape index (κ3) is 2.28. The second-order valence-electron chi connectivity index (χ2n) is 6.19. The van der Waals surface area contributed by atoms with Crippen LogP contribution in [0, 0.1) is 0 Å². The lowest BCUT2D eigenvalue weighted by Crippen LogP contribution is -2.48. The van der Waals surface area contributed by atoms with Gasteiger partial charge in [0.1, 0.15) is 17.5 Å². The number of rotatable bonds is 3. The Hall–Kier alpha value is -1.92. The molecule has 1 aliphatic carbocycles. The fourth-order valence-electron chi connectivity index (χ4n) is 3.04. The summed E-state index contributed by atoms with van der Waals surface area (Å²) >= 11 is 0. The van der Waals surface area contributed by atoms with E-state index in [1.807, 2.05) is 18.2 Å². The highest BCUT2D eigenvalue weighted by atomic mass is 16.5. The van der Waals surface area contributed by atoms with Crippen LogP contribution in [0.4, 0.5) is 5.69 Å². The minimum absolute atomic E-state index is 0.0427. The summed E-state index contributed by atoms with van der Waals surface area (Å²) in [5.74, 6) is 0.519. The zero-order valence-electron chi connectivity index (χ0n) is 12.3. The van der Waals surface area contributed by atoms with Crippen LogP contribution in [-0.2, 0) is 9.53 Å². The minimum atomic E-state index is -1.19. The summed E-state index contributed by atoms with van der Waals surface area (Å²) in [5, 5.41) is 12.8. The van der Waals surface area contributed by atoms with Crippen LogP contribution in [0.5, 0.6) is 0 Å². The number of imidazole rings is 1. The maximum absolute atomic E-state index is 12.1. The predicted octanol–water partition coefficient (Wildman–Crippen LogP) is 2.27. The summed E-state index contributed by atoms with van der Waals surface area (Å²) in [7, 11) is 0. The van der Waals surface area contributed by atoms with Crippen LogP contribution in [0.2, 0.25) is 0 Å². The number of amides is 1. The van der Waals surface area contributed by atoms with Crippen LogP contribution in [0.15, 0.2) is 18.2 Å². The molecule has 2 heterocycles. The van der Waals surface area contributed by atoms with E-state index in [9.17, 15) is 9.90 Å².